The molecule has 0 bridgehead atoms. The number of carbonyl (C=O) groups is 3. The van der Waals surface area contributed by atoms with Crippen molar-refractivity contribution in [2.45, 2.75) is 51.1 Å². The molecule has 1 aromatic carbocycles. The van der Waals surface area contributed by atoms with Crippen molar-refractivity contribution in [2.24, 2.45) is 16.9 Å². The molecular formula is C19H26N4O3. The number of primary amides is 1. The summed E-state index contributed by atoms with van der Waals surface area (Å²) in [7, 11) is 0. The zero-order valence-corrected chi connectivity index (χ0v) is 15.4. The van der Waals surface area contributed by atoms with Gasteiger partial charge in [-0.25, -0.2) is 0 Å². The molecule has 0 saturated carbocycles. The van der Waals surface area contributed by atoms with E-state index in [1.54, 1.807) is 0 Å². The molecule has 7 nitrogen and oxygen atoms in total. The molecule has 26 heavy (non-hydrogen) atoms. The van der Waals surface area contributed by atoms with Gasteiger partial charge in [0.05, 0.1) is 11.5 Å². The van der Waals surface area contributed by atoms with Gasteiger partial charge in [0.25, 0.3) is 0 Å². The number of carbonyl (C=O) groups excluding carboxylic acids is 3. The number of para-hydroxylation sites is 1. The first-order chi connectivity index (χ1) is 12.0. The van der Waals surface area contributed by atoms with Gasteiger partial charge in [0.15, 0.2) is 0 Å². The van der Waals surface area contributed by atoms with Gasteiger partial charge in [0, 0.05) is 12.2 Å². The third-order valence-electron chi connectivity index (χ3n) is 5.24. The molecule has 0 aliphatic carbocycles. The first-order valence-electron chi connectivity index (χ1n) is 8.81. The van der Waals surface area contributed by atoms with Crippen molar-refractivity contribution in [1.29, 1.82) is 0 Å². The summed E-state index contributed by atoms with van der Waals surface area (Å²) < 4.78 is 0. The summed E-state index contributed by atoms with van der Waals surface area (Å²) in [5.41, 5.74) is 12.1. The Morgan fingerprint density at radius 3 is 2.62 bits per heavy atom. The molecule has 140 valence electrons. The van der Waals surface area contributed by atoms with Crippen LogP contribution in [-0.4, -0.2) is 41.2 Å². The molecule has 7 heteroatoms. The summed E-state index contributed by atoms with van der Waals surface area (Å²) in [4.78, 5) is 39.2. The van der Waals surface area contributed by atoms with Gasteiger partial charge in [0.2, 0.25) is 17.7 Å². The molecule has 1 saturated heterocycles. The molecule has 3 rings (SSSR count). The lowest BCUT2D eigenvalue weighted by Crippen LogP contribution is -2.51. The maximum Gasteiger partial charge on any atom is 0.240 e. The molecular weight excluding hydrogens is 332 g/mol. The fraction of sp³-hybridized carbons (Fsp3) is 0.526. The van der Waals surface area contributed by atoms with Crippen molar-refractivity contribution in [3.8, 4) is 0 Å². The van der Waals surface area contributed by atoms with Gasteiger partial charge in [-0.2, -0.15) is 0 Å². The fourth-order valence-electron chi connectivity index (χ4n) is 4.08. The number of nitrogens with one attached hydrogen (secondary N) is 1. The highest BCUT2D eigenvalue weighted by atomic mass is 16.2. The van der Waals surface area contributed by atoms with E-state index in [0.29, 0.717) is 12.1 Å². The van der Waals surface area contributed by atoms with E-state index in [1.165, 1.54) is 4.90 Å². The van der Waals surface area contributed by atoms with Crippen molar-refractivity contribution in [1.82, 2.24) is 4.90 Å². The highest BCUT2D eigenvalue weighted by molar-refractivity contribution is 6.08. The molecule has 0 aromatic heterocycles. The van der Waals surface area contributed by atoms with Crippen LogP contribution in [0.1, 0.15) is 39.2 Å². The maximum absolute atomic E-state index is 13.0. The zero-order chi connectivity index (χ0) is 19.3. The number of likely N-dealkylation sites (tertiary alicyclic amines) is 1. The van der Waals surface area contributed by atoms with Crippen LogP contribution in [0.5, 0.6) is 0 Å². The van der Waals surface area contributed by atoms with Gasteiger partial charge in [-0.15, -0.1) is 0 Å². The molecule has 2 heterocycles. The van der Waals surface area contributed by atoms with Crippen molar-refractivity contribution >= 4 is 23.4 Å². The lowest BCUT2D eigenvalue weighted by atomic mass is 9.79. The largest absolute Gasteiger partial charge is 0.368 e. The summed E-state index contributed by atoms with van der Waals surface area (Å²) >= 11 is 0. The Hall–Kier alpha value is -2.41. The number of hydrogen-bond donors (Lipinski definition) is 3. The Balaban J connectivity index is 1.94. The Morgan fingerprint density at radius 1 is 1.35 bits per heavy atom. The minimum atomic E-state index is -0.951. The van der Waals surface area contributed by atoms with Crippen LogP contribution >= 0.6 is 0 Å². The third kappa shape index (κ3) is 2.96. The minimum absolute atomic E-state index is 0.111. The predicted octanol–water partition coefficient (Wildman–Crippen LogP) is 0.726. The van der Waals surface area contributed by atoms with Crippen LogP contribution in [0.3, 0.4) is 0 Å². The van der Waals surface area contributed by atoms with Crippen LogP contribution in [0.15, 0.2) is 24.3 Å². The maximum atomic E-state index is 13.0. The Bertz CT molecular complexity index is 770. The van der Waals surface area contributed by atoms with Crippen LogP contribution in [0.4, 0.5) is 5.69 Å². The minimum Gasteiger partial charge on any atom is -0.368 e. The van der Waals surface area contributed by atoms with Crippen LogP contribution in [-0.2, 0) is 19.8 Å². The standard InChI is InChI=1S/C19H26N4O3/c1-18(2,3)8-12(20)16(25)23-10-19(9-14(23)15(21)24)11-6-4-5-7-13(11)22-17(19)26/h4-7,12,14H,8-10,20H2,1-3H3,(H2,21,24)(H,22,26)/t12?,14-,19-/m0/s1. The Morgan fingerprint density at radius 2 is 2.00 bits per heavy atom. The predicted molar refractivity (Wildman–Crippen MR) is 98.1 cm³/mol. The molecule has 0 radical (unpaired) electrons. The zero-order valence-electron chi connectivity index (χ0n) is 15.4. The van der Waals surface area contributed by atoms with E-state index in [9.17, 15) is 14.4 Å². The number of hydrogen-bond acceptors (Lipinski definition) is 4. The first-order valence-corrected chi connectivity index (χ1v) is 8.81. The topological polar surface area (TPSA) is 119 Å². The van der Waals surface area contributed by atoms with E-state index in [1.807, 2.05) is 45.0 Å². The SMILES string of the molecule is CC(C)(C)CC(N)C(=O)N1C[C@]2(C[C@H]1C(N)=O)C(=O)Nc1ccccc12. The summed E-state index contributed by atoms with van der Waals surface area (Å²) in [5.74, 6) is -1.15. The van der Waals surface area contributed by atoms with E-state index in [2.05, 4.69) is 5.32 Å². The van der Waals surface area contributed by atoms with Crippen LogP contribution in [0.25, 0.3) is 0 Å². The monoisotopic (exact) mass is 358 g/mol. The van der Waals surface area contributed by atoms with Gasteiger partial charge in [-0.05, 0) is 29.9 Å². The van der Waals surface area contributed by atoms with Crippen molar-refractivity contribution in [3.63, 3.8) is 0 Å². The molecule has 1 unspecified atom stereocenters. The number of anilines is 1. The molecule has 3 amide bonds. The molecule has 2 aliphatic heterocycles. The van der Waals surface area contributed by atoms with E-state index >= 15 is 0 Å². The molecule has 1 spiro atoms. The summed E-state index contributed by atoms with van der Waals surface area (Å²) in [5, 5.41) is 2.86. The second-order valence-electron chi connectivity index (χ2n) is 8.54. The molecule has 2 aliphatic rings. The van der Waals surface area contributed by atoms with Gasteiger partial charge < -0.3 is 21.7 Å². The van der Waals surface area contributed by atoms with E-state index in [4.69, 9.17) is 11.5 Å². The lowest BCUT2D eigenvalue weighted by Gasteiger charge is -2.29. The van der Waals surface area contributed by atoms with Gasteiger partial charge in [0.1, 0.15) is 6.04 Å². The smallest absolute Gasteiger partial charge is 0.240 e. The van der Waals surface area contributed by atoms with E-state index in [0.717, 1.165) is 5.56 Å². The highest BCUT2D eigenvalue weighted by Gasteiger charge is 2.57. The van der Waals surface area contributed by atoms with Crippen LogP contribution in [0, 0.1) is 5.41 Å². The van der Waals surface area contributed by atoms with Crippen molar-refractivity contribution in [3.05, 3.63) is 29.8 Å². The van der Waals surface area contributed by atoms with Gasteiger partial charge in [-0.1, -0.05) is 39.0 Å². The average molecular weight is 358 g/mol. The summed E-state index contributed by atoms with van der Waals surface area (Å²) in [6.07, 6.45) is 0.656. The van der Waals surface area contributed by atoms with Gasteiger partial charge in [-0.3, -0.25) is 14.4 Å². The van der Waals surface area contributed by atoms with Crippen LogP contribution in [0.2, 0.25) is 0 Å². The quantitative estimate of drug-likeness (QED) is 0.738. The number of benzene rings is 1. The number of fused-ring (bicyclic) bond motifs is 2. The van der Waals surface area contributed by atoms with E-state index < -0.39 is 23.4 Å². The van der Waals surface area contributed by atoms with E-state index in [-0.39, 0.29) is 30.2 Å². The Labute approximate surface area is 153 Å². The van der Waals surface area contributed by atoms with Crippen molar-refractivity contribution in [2.75, 3.05) is 11.9 Å². The second kappa shape index (κ2) is 6.09. The van der Waals surface area contributed by atoms with Gasteiger partial charge >= 0.3 is 0 Å². The number of nitrogens with two attached hydrogens (primary N) is 2. The normalized spacial score (nSPS) is 25.9. The Kier molecular flexibility index (Phi) is 4.30. The lowest BCUT2D eigenvalue weighted by molar-refractivity contribution is -0.139. The average Bonchev–Trinajstić information content (AvgIpc) is 3.06. The summed E-state index contributed by atoms with van der Waals surface area (Å²) in [6.45, 7) is 6.10. The fourth-order valence-corrected chi connectivity index (χ4v) is 4.08. The molecule has 1 aromatic rings. The number of rotatable bonds is 3. The molecule has 3 atom stereocenters. The molecule has 1 fully saturated rings. The highest BCUT2D eigenvalue weighted by Crippen LogP contribution is 2.46. The summed E-state index contributed by atoms with van der Waals surface area (Å²) in [6, 6.07) is 5.76. The van der Waals surface area contributed by atoms with Crippen molar-refractivity contribution < 1.29 is 14.4 Å². The molecule has 5 N–H and O–H groups in total. The van der Waals surface area contributed by atoms with Crippen LogP contribution < -0.4 is 16.8 Å². The third-order valence-corrected chi connectivity index (χ3v) is 5.24. The number of amides is 3. The number of nitrogens with zero attached hydrogens (tertiary/aromatic N) is 1. The first kappa shape index (κ1) is 18.4. The second-order valence-corrected chi connectivity index (χ2v) is 8.54.